The van der Waals surface area contributed by atoms with Gasteiger partial charge in [0, 0.05) is 27.3 Å². The SMILES string of the molecule is COC(CN(CCN(C)C)C(=O)CCOCCc1cccc2ccccc12)OC. The first-order valence-electron chi connectivity index (χ1n) is 10.1. The Hall–Kier alpha value is -1.99. The Labute approximate surface area is 174 Å². The summed E-state index contributed by atoms with van der Waals surface area (Å²) in [4.78, 5) is 16.5. The molecule has 6 heteroatoms. The monoisotopic (exact) mass is 402 g/mol. The summed E-state index contributed by atoms with van der Waals surface area (Å²) in [5, 5.41) is 2.50. The number of carbonyl (C=O) groups excluding carboxylic acids is 1. The van der Waals surface area contributed by atoms with E-state index in [9.17, 15) is 4.79 Å². The number of methoxy groups -OCH3 is 2. The second-order valence-electron chi connectivity index (χ2n) is 7.29. The van der Waals surface area contributed by atoms with Crippen LogP contribution < -0.4 is 0 Å². The first-order chi connectivity index (χ1) is 14.0. The van der Waals surface area contributed by atoms with Crippen molar-refractivity contribution in [3.05, 3.63) is 48.0 Å². The van der Waals surface area contributed by atoms with E-state index in [0.717, 1.165) is 13.0 Å². The Morgan fingerprint density at radius 3 is 2.41 bits per heavy atom. The lowest BCUT2D eigenvalue weighted by molar-refractivity contribution is -0.146. The second kappa shape index (κ2) is 12.5. The minimum absolute atomic E-state index is 0.0520. The zero-order valence-electron chi connectivity index (χ0n) is 18.1. The number of carbonyl (C=O) groups is 1. The molecule has 2 aromatic carbocycles. The van der Waals surface area contributed by atoms with Crippen molar-refractivity contribution in [1.82, 2.24) is 9.80 Å². The van der Waals surface area contributed by atoms with Crippen LogP contribution in [0.15, 0.2) is 42.5 Å². The number of hydrogen-bond acceptors (Lipinski definition) is 5. The second-order valence-corrected chi connectivity index (χ2v) is 7.29. The fourth-order valence-corrected chi connectivity index (χ4v) is 3.18. The van der Waals surface area contributed by atoms with Crippen LogP contribution in [-0.4, -0.2) is 83.2 Å². The summed E-state index contributed by atoms with van der Waals surface area (Å²) in [6.45, 7) is 2.83. The summed E-state index contributed by atoms with van der Waals surface area (Å²) in [7, 11) is 7.14. The van der Waals surface area contributed by atoms with Gasteiger partial charge < -0.3 is 24.0 Å². The summed E-state index contributed by atoms with van der Waals surface area (Å²) in [6.07, 6.45) is 0.756. The molecule has 160 valence electrons. The third-order valence-corrected chi connectivity index (χ3v) is 4.92. The van der Waals surface area contributed by atoms with Crippen molar-refractivity contribution in [2.45, 2.75) is 19.1 Å². The van der Waals surface area contributed by atoms with Gasteiger partial charge in [-0.3, -0.25) is 4.79 Å². The smallest absolute Gasteiger partial charge is 0.225 e. The van der Waals surface area contributed by atoms with Crippen LogP contribution in [0.5, 0.6) is 0 Å². The molecule has 0 spiro atoms. The fraction of sp³-hybridized carbons (Fsp3) is 0.522. The Bertz CT molecular complexity index is 741. The van der Waals surface area contributed by atoms with Crippen molar-refractivity contribution in [1.29, 1.82) is 0 Å². The zero-order valence-corrected chi connectivity index (χ0v) is 18.1. The molecule has 2 rings (SSSR count). The van der Waals surface area contributed by atoms with E-state index in [1.807, 2.05) is 20.2 Å². The van der Waals surface area contributed by atoms with Crippen LogP contribution in [0.25, 0.3) is 10.8 Å². The average molecular weight is 403 g/mol. The Morgan fingerprint density at radius 2 is 1.69 bits per heavy atom. The minimum atomic E-state index is -0.423. The zero-order chi connectivity index (χ0) is 21.1. The summed E-state index contributed by atoms with van der Waals surface area (Å²) >= 11 is 0. The molecule has 2 aromatic rings. The Morgan fingerprint density at radius 1 is 0.966 bits per heavy atom. The Kier molecular flexibility index (Phi) is 10.1. The van der Waals surface area contributed by atoms with Crippen LogP contribution in [0.2, 0.25) is 0 Å². The predicted octanol–water partition coefficient (Wildman–Crippen LogP) is 2.80. The van der Waals surface area contributed by atoms with E-state index < -0.39 is 6.29 Å². The van der Waals surface area contributed by atoms with Crippen molar-refractivity contribution >= 4 is 16.7 Å². The predicted molar refractivity (Wildman–Crippen MR) is 116 cm³/mol. The quantitative estimate of drug-likeness (QED) is 0.381. The van der Waals surface area contributed by atoms with E-state index in [0.29, 0.717) is 32.7 Å². The molecule has 0 N–H and O–H groups in total. The molecule has 0 aromatic heterocycles. The molecule has 0 aliphatic rings. The summed E-state index contributed by atoms with van der Waals surface area (Å²) in [6, 6.07) is 14.7. The van der Waals surface area contributed by atoms with Gasteiger partial charge in [0.25, 0.3) is 0 Å². The number of rotatable bonds is 13. The van der Waals surface area contributed by atoms with Gasteiger partial charge in [-0.25, -0.2) is 0 Å². The van der Waals surface area contributed by atoms with Gasteiger partial charge in [-0.15, -0.1) is 0 Å². The largest absolute Gasteiger partial charge is 0.381 e. The van der Waals surface area contributed by atoms with E-state index in [1.165, 1.54) is 16.3 Å². The van der Waals surface area contributed by atoms with Gasteiger partial charge in [0.15, 0.2) is 6.29 Å². The highest BCUT2D eigenvalue weighted by atomic mass is 16.7. The molecule has 29 heavy (non-hydrogen) atoms. The lowest BCUT2D eigenvalue weighted by atomic mass is 10.0. The molecule has 0 heterocycles. The average Bonchev–Trinajstić information content (AvgIpc) is 2.73. The molecule has 0 bridgehead atoms. The van der Waals surface area contributed by atoms with Gasteiger partial charge in [0.2, 0.25) is 5.91 Å². The van der Waals surface area contributed by atoms with E-state index in [1.54, 1.807) is 19.1 Å². The molecule has 0 unspecified atom stereocenters. The number of likely N-dealkylation sites (N-methyl/N-ethyl adjacent to an activating group) is 1. The first-order valence-corrected chi connectivity index (χ1v) is 10.1. The molecule has 1 amide bonds. The highest BCUT2D eigenvalue weighted by Crippen LogP contribution is 2.18. The van der Waals surface area contributed by atoms with E-state index in [4.69, 9.17) is 14.2 Å². The van der Waals surface area contributed by atoms with Crippen LogP contribution in [0.1, 0.15) is 12.0 Å². The van der Waals surface area contributed by atoms with Gasteiger partial charge in [-0.1, -0.05) is 42.5 Å². The molecule has 0 atom stereocenters. The molecule has 0 aliphatic heterocycles. The standard InChI is InChI=1S/C23H34N2O4/c1-24(2)14-15-25(18-23(27-3)28-4)22(26)13-17-29-16-12-20-10-7-9-19-8-5-6-11-21(19)20/h5-11,23H,12-18H2,1-4H3. The summed E-state index contributed by atoms with van der Waals surface area (Å²) < 4.78 is 16.3. The Balaban J connectivity index is 1.79. The van der Waals surface area contributed by atoms with Crippen molar-refractivity contribution in [3.8, 4) is 0 Å². The summed E-state index contributed by atoms with van der Waals surface area (Å²) in [5.41, 5.74) is 1.27. The number of ether oxygens (including phenoxy) is 3. The third kappa shape index (κ3) is 7.74. The number of amides is 1. The molecular formula is C23H34N2O4. The van der Waals surface area contributed by atoms with Gasteiger partial charge >= 0.3 is 0 Å². The van der Waals surface area contributed by atoms with Gasteiger partial charge in [-0.05, 0) is 36.9 Å². The number of hydrogen-bond donors (Lipinski definition) is 0. The van der Waals surface area contributed by atoms with Crippen molar-refractivity contribution < 1.29 is 19.0 Å². The lowest BCUT2D eigenvalue weighted by Gasteiger charge is -2.27. The molecule has 0 aliphatic carbocycles. The molecule has 6 nitrogen and oxygen atoms in total. The number of nitrogens with zero attached hydrogens (tertiary/aromatic N) is 2. The maximum atomic E-state index is 12.6. The molecule has 0 radical (unpaired) electrons. The van der Waals surface area contributed by atoms with Gasteiger partial charge in [0.05, 0.1) is 26.2 Å². The highest BCUT2D eigenvalue weighted by molar-refractivity contribution is 5.85. The van der Waals surface area contributed by atoms with Crippen LogP contribution in [-0.2, 0) is 25.4 Å². The van der Waals surface area contributed by atoms with E-state index in [2.05, 4.69) is 41.3 Å². The van der Waals surface area contributed by atoms with Crippen molar-refractivity contribution in [2.75, 3.05) is 61.2 Å². The summed E-state index contributed by atoms with van der Waals surface area (Å²) in [5.74, 6) is 0.0520. The minimum Gasteiger partial charge on any atom is -0.381 e. The lowest BCUT2D eigenvalue weighted by Crippen LogP contribution is -2.42. The van der Waals surface area contributed by atoms with Crippen LogP contribution >= 0.6 is 0 Å². The van der Waals surface area contributed by atoms with Gasteiger partial charge in [-0.2, -0.15) is 0 Å². The number of benzene rings is 2. The first kappa shape index (κ1) is 23.3. The van der Waals surface area contributed by atoms with Crippen LogP contribution in [0.3, 0.4) is 0 Å². The molecule has 0 fully saturated rings. The van der Waals surface area contributed by atoms with Crippen molar-refractivity contribution in [2.24, 2.45) is 0 Å². The maximum Gasteiger partial charge on any atom is 0.225 e. The van der Waals surface area contributed by atoms with Crippen LogP contribution in [0, 0.1) is 0 Å². The third-order valence-electron chi connectivity index (χ3n) is 4.92. The van der Waals surface area contributed by atoms with E-state index >= 15 is 0 Å². The van der Waals surface area contributed by atoms with Crippen molar-refractivity contribution in [3.63, 3.8) is 0 Å². The van der Waals surface area contributed by atoms with E-state index in [-0.39, 0.29) is 5.91 Å². The molecule has 0 saturated carbocycles. The maximum absolute atomic E-state index is 12.6. The number of fused-ring (bicyclic) bond motifs is 1. The normalized spacial score (nSPS) is 11.5. The topological polar surface area (TPSA) is 51.2 Å². The fourth-order valence-electron chi connectivity index (χ4n) is 3.18. The van der Waals surface area contributed by atoms with Crippen LogP contribution in [0.4, 0.5) is 0 Å². The molecule has 0 saturated heterocycles. The highest BCUT2D eigenvalue weighted by Gasteiger charge is 2.18. The molecular weight excluding hydrogens is 368 g/mol. The van der Waals surface area contributed by atoms with Gasteiger partial charge in [0.1, 0.15) is 0 Å².